The van der Waals surface area contributed by atoms with E-state index in [2.05, 4.69) is 10.4 Å². The fourth-order valence-corrected chi connectivity index (χ4v) is 3.17. The summed E-state index contributed by atoms with van der Waals surface area (Å²) < 4.78 is 13.9. The number of allylic oxidation sites excluding steroid dienone is 1. The van der Waals surface area contributed by atoms with Gasteiger partial charge in [0.05, 0.1) is 0 Å². The lowest BCUT2D eigenvalue weighted by Crippen LogP contribution is -2.47. The van der Waals surface area contributed by atoms with Crippen LogP contribution in [0.5, 0.6) is 0 Å². The van der Waals surface area contributed by atoms with E-state index in [0.29, 0.717) is 18.0 Å². The first-order valence-corrected chi connectivity index (χ1v) is 7.81. The van der Waals surface area contributed by atoms with Gasteiger partial charge in [0.1, 0.15) is 18.1 Å². The Bertz CT molecular complexity index is 610. The van der Waals surface area contributed by atoms with Crippen molar-refractivity contribution in [1.29, 1.82) is 0 Å². The van der Waals surface area contributed by atoms with Crippen molar-refractivity contribution in [2.45, 2.75) is 51.2 Å². The highest BCUT2D eigenvalue weighted by Crippen LogP contribution is 2.32. The molecule has 5 heteroatoms. The average molecular weight is 303 g/mol. The molecule has 1 fully saturated rings. The number of halogens is 1. The van der Waals surface area contributed by atoms with Crippen LogP contribution in [0, 0.1) is 5.82 Å². The van der Waals surface area contributed by atoms with E-state index in [0.717, 1.165) is 36.0 Å². The van der Waals surface area contributed by atoms with E-state index in [9.17, 15) is 9.18 Å². The maximum atomic E-state index is 13.9. The molecule has 1 atom stereocenters. The van der Waals surface area contributed by atoms with Crippen LogP contribution in [0.15, 0.2) is 29.5 Å². The lowest BCUT2D eigenvalue weighted by atomic mass is 9.92. The van der Waals surface area contributed by atoms with Crippen LogP contribution in [-0.2, 0) is 17.8 Å². The number of aldehydes is 1. The van der Waals surface area contributed by atoms with Crippen LogP contribution in [0.4, 0.5) is 4.39 Å². The van der Waals surface area contributed by atoms with Crippen molar-refractivity contribution in [2.75, 3.05) is 0 Å². The summed E-state index contributed by atoms with van der Waals surface area (Å²) in [6.45, 7) is 2.23. The molecule has 4 nitrogen and oxygen atoms in total. The van der Waals surface area contributed by atoms with Crippen LogP contribution in [0.3, 0.4) is 0 Å². The molecule has 22 heavy (non-hydrogen) atoms. The molecule has 2 aliphatic rings. The fraction of sp³-hybridized carbons (Fsp3) is 0.471. The Morgan fingerprint density at radius 3 is 2.77 bits per heavy atom. The molecular weight excluding hydrogens is 281 g/mol. The largest absolute Gasteiger partial charge is 0.326 e. The average Bonchev–Trinajstić information content (AvgIpc) is 2.75. The SMILES string of the molecule is CC1=C(Cc2ccc(CN)c(F)c2)C(C=O)NN1C1CCC1. The Balaban J connectivity index is 1.83. The van der Waals surface area contributed by atoms with Gasteiger partial charge in [0, 0.05) is 23.8 Å². The first-order valence-electron chi connectivity index (χ1n) is 7.81. The predicted octanol–water partition coefficient (Wildman–Crippen LogP) is 2.04. The first-order chi connectivity index (χ1) is 10.6. The van der Waals surface area contributed by atoms with Gasteiger partial charge in [-0.3, -0.25) is 0 Å². The standard InChI is InChI=1S/C17H22FN3O/c1-11-15(7-12-5-6-13(9-19)16(18)8-12)17(10-22)20-21(11)14-3-2-4-14/h5-6,8,10,14,17,20H,2-4,7,9,19H2,1H3. The van der Waals surface area contributed by atoms with E-state index in [1.165, 1.54) is 12.5 Å². The molecule has 0 aromatic heterocycles. The molecule has 3 rings (SSSR count). The van der Waals surface area contributed by atoms with Gasteiger partial charge in [-0.2, -0.15) is 0 Å². The molecule has 0 radical (unpaired) electrons. The number of benzene rings is 1. The maximum Gasteiger partial charge on any atom is 0.142 e. The molecule has 3 N–H and O–H groups in total. The summed E-state index contributed by atoms with van der Waals surface area (Å²) in [5, 5.41) is 2.13. The van der Waals surface area contributed by atoms with Gasteiger partial charge in [-0.1, -0.05) is 12.1 Å². The van der Waals surface area contributed by atoms with Gasteiger partial charge < -0.3 is 15.5 Å². The van der Waals surface area contributed by atoms with Crippen LogP contribution in [0.1, 0.15) is 37.3 Å². The summed E-state index contributed by atoms with van der Waals surface area (Å²) in [6.07, 6.45) is 5.06. The lowest BCUT2D eigenvalue weighted by molar-refractivity contribution is -0.109. The summed E-state index contributed by atoms with van der Waals surface area (Å²) in [5.74, 6) is -0.275. The highest BCUT2D eigenvalue weighted by molar-refractivity contribution is 5.65. The number of nitrogens with zero attached hydrogens (tertiary/aromatic N) is 1. The summed E-state index contributed by atoms with van der Waals surface area (Å²) in [5.41, 5.74) is 12.3. The second-order valence-corrected chi connectivity index (χ2v) is 6.11. The van der Waals surface area contributed by atoms with E-state index in [4.69, 9.17) is 5.73 Å². The van der Waals surface area contributed by atoms with Gasteiger partial charge in [0.25, 0.3) is 0 Å². The zero-order valence-corrected chi connectivity index (χ0v) is 12.8. The summed E-state index contributed by atoms with van der Waals surface area (Å²) in [6, 6.07) is 5.31. The first kappa shape index (κ1) is 15.2. The predicted molar refractivity (Wildman–Crippen MR) is 83.2 cm³/mol. The summed E-state index contributed by atoms with van der Waals surface area (Å²) in [7, 11) is 0. The second-order valence-electron chi connectivity index (χ2n) is 6.11. The minimum atomic E-state index is -0.308. The van der Waals surface area contributed by atoms with Crippen molar-refractivity contribution in [3.05, 3.63) is 46.4 Å². The molecule has 118 valence electrons. The molecule has 0 spiro atoms. The van der Waals surface area contributed by atoms with Crippen molar-refractivity contribution in [3.63, 3.8) is 0 Å². The number of carbonyl (C=O) groups is 1. The third-order valence-corrected chi connectivity index (χ3v) is 4.79. The number of nitrogens with two attached hydrogens (primary N) is 1. The Labute approximate surface area is 130 Å². The Morgan fingerprint density at radius 1 is 1.45 bits per heavy atom. The number of hydrazine groups is 1. The van der Waals surface area contributed by atoms with Gasteiger partial charge in [0.15, 0.2) is 0 Å². The topological polar surface area (TPSA) is 58.4 Å². The molecule has 1 aromatic carbocycles. The smallest absolute Gasteiger partial charge is 0.142 e. The van der Waals surface area contributed by atoms with Crippen LogP contribution in [0.25, 0.3) is 0 Å². The number of rotatable bonds is 5. The van der Waals surface area contributed by atoms with Gasteiger partial charge in [-0.25, -0.2) is 9.82 Å². The highest BCUT2D eigenvalue weighted by Gasteiger charge is 2.34. The zero-order valence-electron chi connectivity index (χ0n) is 12.8. The van der Waals surface area contributed by atoms with E-state index in [-0.39, 0.29) is 18.4 Å². The van der Waals surface area contributed by atoms with Crippen LogP contribution < -0.4 is 11.2 Å². The van der Waals surface area contributed by atoms with Crippen molar-refractivity contribution in [3.8, 4) is 0 Å². The molecule has 0 saturated heterocycles. The van der Waals surface area contributed by atoms with E-state index in [1.807, 2.05) is 13.0 Å². The van der Waals surface area contributed by atoms with E-state index >= 15 is 0 Å². The van der Waals surface area contributed by atoms with Crippen molar-refractivity contribution < 1.29 is 9.18 Å². The number of nitrogens with one attached hydrogen (secondary N) is 1. The molecule has 1 unspecified atom stereocenters. The van der Waals surface area contributed by atoms with E-state index < -0.39 is 0 Å². The normalized spacial score (nSPS) is 22.1. The molecule has 1 aromatic rings. The third-order valence-electron chi connectivity index (χ3n) is 4.79. The lowest BCUT2D eigenvalue weighted by Gasteiger charge is -2.37. The second kappa shape index (κ2) is 6.18. The number of carbonyl (C=O) groups excluding carboxylic acids is 1. The molecule has 1 heterocycles. The molecule has 1 saturated carbocycles. The van der Waals surface area contributed by atoms with Gasteiger partial charge >= 0.3 is 0 Å². The number of hydrogen-bond donors (Lipinski definition) is 2. The Morgan fingerprint density at radius 2 is 2.23 bits per heavy atom. The summed E-state index contributed by atoms with van der Waals surface area (Å²) in [4.78, 5) is 11.4. The minimum absolute atomic E-state index is 0.196. The zero-order chi connectivity index (χ0) is 15.7. The van der Waals surface area contributed by atoms with Crippen molar-refractivity contribution >= 4 is 6.29 Å². The number of hydrogen-bond acceptors (Lipinski definition) is 4. The third kappa shape index (κ3) is 2.66. The Hall–Kier alpha value is -1.72. The summed E-state index contributed by atoms with van der Waals surface area (Å²) >= 11 is 0. The van der Waals surface area contributed by atoms with Crippen molar-refractivity contribution in [2.24, 2.45) is 5.73 Å². The van der Waals surface area contributed by atoms with Crippen LogP contribution >= 0.6 is 0 Å². The minimum Gasteiger partial charge on any atom is -0.326 e. The Kier molecular flexibility index (Phi) is 4.27. The monoisotopic (exact) mass is 303 g/mol. The molecule has 0 bridgehead atoms. The molecular formula is C17H22FN3O. The maximum absolute atomic E-state index is 13.9. The molecule has 0 amide bonds. The van der Waals surface area contributed by atoms with Crippen LogP contribution in [-0.4, -0.2) is 23.4 Å². The fourth-order valence-electron chi connectivity index (χ4n) is 3.17. The van der Waals surface area contributed by atoms with Crippen LogP contribution in [0.2, 0.25) is 0 Å². The van der Waals surface area contributed by atoms with Gasteiger partial charge in [0.2, 0.25) is 0 Å². The van der Waals surface area contributed by atoms with E-state index in [1.54, 1.807) is 6.07 Å². The van der Waals surface area contributed by atoms with Crippen molar-refractivity contribution in [1.82, 2.24) is 10.4 Å². The van der Waals surface area contributed by atoms with Gasteiger partial charge in [-0.15, -0.1) is 0 Å². The quantitative estimate of drug-likeness (QED) is 0.817. The molecule has 1 aliphatic carbocycles. The highest BCUT2D eigenvalue weighted by atomic mass is 19.1. The molecule has 1 aliphatic heterocycles. The van der Waals surface area contributed by atoms with Gasteiger partial charge in [-0.05, 0) is 49.8 Å².